The van der Waals surface area contributed by atoms with Crippen LogP contribution in [0.1, 0.15) is 48.5 Å². The number of carbonyl (C=O) groups is 2. The Kier molecular flexibility index (Phi) is 10.2. The predicted molar refractivity (Wildman–Crippen MR) is 136 cm³/mol. The Morgan fingerprint density at radius 3 is 2.15 bits per heavy atom. The molecule has 210 valence electrons. The van der Waals surface area contributed by atoms with E-state index < -0.39 is 59.9 Å². The van der Waals surface area contributed by atoms with Gasteiger partial charge in [-0.05, 0) is 49.3 Å². The average Bonchev–Trinajstić information content (AvgIpc) is 2.83. The van der Waals surface area contributed by atoms with Gasteiger partial charge in [-0.1, -0.05) is 30.1 Å². The number of nitrogens with zero attached hydrogens (tertiary/aromatic N) is 2. The molecule has 0 aliphatic heterocycles. The number of rotatable bonds is 9. The normalized spacial score (nSPS) is 18.4. The van der Waals surface area contributed by atoms with Crippen molar-refractivity contribution >= 4 is 41.1 Å². The lowest BCUT2D eigenvalue weighted by Crippen LogP contribution is -2.91. The van der Waals surface area contributed by atoms with Crippen molar-refractivity contribution in [2.24, 2.45) is 5.92 Å². The standard InChI is InChI=1S/C26H25Cl2F5N4O2/c1-14-2-4-18(5-3-14)36-24(26(31,32)33)19(9-34)25(39)37(12-15-6-16(29)8-17(30)7-15)13-22(38)23-20(27)10-35-11-21(23)28/h6-11,14,18,34,36H,2-5,12-13H2,1H3/p+1/b24-19+,34-9?. The third-order valence-corrected chi connectivity index (χ3v) is 7.06. The van der Waals surface area contributed by atoms with E-state index in [0.29, 0.717) is 29.7 Å². The first-order chi connectivity index (χ1) is 18.3. The number of aromatic nitrogens is 1. The summed E-state index contributed by atoms with van der Waals surface area (Å²) < 4.78 is 70.3. The lowest BCUT2D eigenvalue weighted by Gasteiger charge is -2.27. The number of amides is 1. The molecule has 3 rings (SSSR count). The van der Waals surface area contributed by atoms with Crippen LogP contribution in [0.25, 0.3) is 0 Å². The summed E-state index contributed by atoms with van der Waals surface area (Å²) in [6, 6.07) is 1.90. The number of halogens is 7. The first-order valence-corrected chi connectivity index (χ1v) is 12.8. The van der Waals surface area contributed by atoms with Gasteiger partial charge < -0.3 is 15.6 Å². The summed E-state index contributed by atoms with van der Waals surface area (Å²) in [5.41, 5.74) is -2.65. The van der Waals surface area contributed by atoms with Gasteiger partial charge in [-0.3, -0.25) is 14.6 Å². The van der Waals surface area contributed by atoms with Gasteiger partial charge in [-0.2, -0.15) is 13.2 Å². The molecule has 1 aliphatic rings. The Labute approximate surface area is 231 Å². The van der Waals surface area contributed by atoms with Gasteiger partial charge in [0.25, 0.3) is 5.91 Å². The van der Waals surface area contributed by atoms with Crippen molar-refractivity contribution < 1.29 is 36.9 Å². The number of pyridine rings is 1. The van der Waals surface area contributed by atoms with Crippen LogP contribution in [-0.4, -0.2) is 46.6 Å². The van der Waals surface area contributed by atoms with Gasteiger partial charge in [-0.25, -0.2) is 8.78 Å². The van der Waals surface area contributed by atoms with Gasteiger partial charge in [0.05, 0.1) is 28.2 Å². The Morgan fingerprint density at radius 2 is 1.64 bits per heavy atom. The van der Waals surface area contributed by atoms with Gasteiger partial charge in [0, 0.05) is 31.2 Å². The summed E-state index contributed by atoms with van der Waals surface area (Å²) in [5, 5.41) is 8.35. The van der Waals surface area contributed by atoms with Crippen molar-refractivity contribution in [1.82, 2.24) is 9.88 Å². The number of alkyl halides is 3. The fourth-order valence-electron chi connectivity index (χ4n) is 4.50. The highest BCUT2D eigenvalue weighted by molar-refractivity contribution is 6.39. The Balaban J connectivity index is 2.04. The number of benzene rings is 1. The van der Waals surface area contributed by atoms with Gasteiger partial charge in [0.15, 0.2) is 5.78 Å². The second-order valence-electron chi connectivity index (χ2n) is 9.50. The van der Waals surface area contributed by atoms with E-state index in [1.807, 2.05) is 6.92 Å². The van der Waals surface area contributed by atoms with E-state index in [4.69, 9.17) is 28.6 Å². The number of carbonyl (C=O) groups excluding carboxylic acids is 2. The Hall–Kier alpha value is -2.89. The first-order valence-electron chi connectivity index (χ1n) is 12.0. The summed E-state index contributed by atoms with van der Waals surface area (Å²) in [6.07, 6.45) is -0.0290. The molecule has 39 heavy (non-hydrogen) atoms. The van der Waals surface area contributed by atoms with Crippen molar-refractivity contribution in [2.45, 2.75) is 51.4 Å². The van der Waals surface area contributed by atoms with Gasteiger partial charge >= 0.3 is 6.18 Å². The molecule has 0 unspecified atom stereocenters. The summed E-state index contributed by atoms with van der Waals surface area (Å²) >= 11 is 12.1. The molecule has 6 nitrogen and oxygen atoms in total. The molecule has 0 radical (unpaired) electrons. The molecule has 0 saturated heterocycles. The number of hydrogen-bond acceptors (Lipinski definition) is 4. The second-order valence-corrected chi connectivity index (χ2v) is 10.3. The molecular formula is C26H26Cl2F5N4O2+. The van der Waals surface area contributed by atoms with Gasteiger partial charge in [0.2, 0.25) is 5.70 Å². The molecule has 1 heterocycles. The molecule has 1 saturated carbocycles. The fourth-order valence-corrected chi connectivity index (χ4v) is 5.08. The molecular weight excluding hydrogens is 566 g/mol. The van der Waals surface area contributed by atoms with Crippen LogP contribution < -0.4 is 5.32 Å². The third-order valence-electron chi connectivity index (χ3n) is 6.48. The van der Waals surface area contributed by atoms with E-state index in [-0.39, 0.29) is 27.4 Å². The number of Topliss-reactive ketones (excluding diaryl/α,β-unsaturated/α-hetero) is 1. The highest BCUT2D eigenvalue weighted by Crippen LogP contribution is 2.28. The quantitative estimate of drug-likeness (QED) is 0.175. The van der Waals surface area contributed by atoms with Crippen molar-refractivity contribution in [3.8, 4) is 0 Å². The number of quaternary nitrogens is 1. The van der Waals surface area contributed by atoms with Crippen LogP contribution in [0.15, 0.2) is 41.9 Å². The van der Waals surface area contributed by atoms with Crippen molar-refractivity contribution in [2.75, 3.05) is 6.54 Å². The zero-order valence-corrected chi connectivity index (χ0v) is 22.3. The van der Waals surface area contributed by atoms with E-state index >= 15 is 0 Å². The summed E-state index contributed by atoms with van der Waals surface area (Å²) in [5.74, 6) is -3.76. The minimum absolute atomic E-state index is 0.122. The van der Waals surface area contributed by atoms with Crippen molar-refractivity contribution in [1.29, 1.82) is 5.41 Å². The van der Waals surface area contributed by atoms with Crippen LogP contribution in [0.4, 0.5) is 22.0 Å². The highest BCUT2D eigenvalue weighted by atomic mass is 35.5. The maximum atomic E-state index is 14.2. The Morgan fingerprint density at radius 1 is 1.08 bits per heavy atom. The predicted octanol–water partition coefficient (Wildman–Crippen LogP) is 5.49. The van der Waals surface area contributed by atoms with Crippen molar-refractivity contribution in [3.05, 3.63) is 74.7 Å². The SMILES string of the molecule is CC1CCC([NH2+]/C(=C(\C=N)C(=O)N(CC(=O)c2c(Cl)cncc2Cl)Cc2cc(F)cc(F)c2)C(F)(F)F)CC1. The molecule has 3 N–H and O–H groups in total. The largest absolute Gasteiger partial charge is 0.467 e. The zero-order chi connectivity index (χ0) is 28.9. The molecule has 1 fully saturated rings. The molecule has 1 aromatic carbocycles. The van der Waals surface area contributed by atoms with Crippen LogP contribution in [0.2, 0.25) is 10.0 Å². The minimum Gasteiger partial charge on any atom is -0.326 e. The van der Waals surface area contributed by atoms with E-state index in [2.05, 4.69) is 4.98 Å². The van der Waals surface area contributed by atoms with E-state index in [1.165, 1.54) is 0 Å². The number of nitrogens with one attached hydrogen (secondary N) is 1. The van der Waals surface area contributed by atoms with Crippen LogP contribution in [0, 0.1) is 23.0 Å². The van der Waals surface area contributed by atoms with Crippen LogP contribution >= 0.6 is 23.2 Å². The smallest absolute Gasteiger partial charge is 0.326 e. The highest BCUT2D eigenvalue weighted by Gasteiger charge is 2.44. The zero-order valence-electron chi connectivity index (χ0n) is 20.8. The molecule has 0 spiro atoms. The number of allylic oxidation sites excluding steroid dienone is 1. The maximum absolute atomic E-state index is 14.2. The van der Waals surface area contributed by atoms with Crippen LogP contribution in [0.3, 0.4) is 0 Å². The first kappa shape index (κ1) is 30.6. The molecule has 2 aromatic rings. The second kappa shape index (κ2) is 13.0. The Bertz CT molecular complexity index is 1240. The molecule has 13 heteroatoms. The molecule has 0 atom stereocenters. The minimum atomic E-state index is -4.98. The number of hydrogen-bond donors (Lipinski definition) is 2. The molecule has 1 aliphatic carbocycles. The summed E-state index contributed by atoms with van der Waals surface area (Å²) in [4.78, 5) is 31.1. The number of ketones is 1. The molecule has 1 amide bonds. The molecule has 0 bridgehead atoms. The van der Waals surface area contributed by atoms with E-state index in [1.54, 1.807) is 0 Å². The lowest BCUT2D eigenvalue weighted by molar-refractivity contribution is -0.663. The van der Waals surface area contributed by atoms with Crippen LogP contribution in [-0.2, 0) is 11.3 Å². The summed E-state index contributed by atoms with van der Waals surface area (Å²) in [6.45, 7) is 0.529. The maximum Gasteiger partial charge on any atom is 0.467 e. The number of nitrogens with two attached hydrogens (primary N) is 1. The average molecular weight is 592 g/mol. The van der Waals surface area contributed by atoms with E-state index in [9.17, 15) is 31.5 Å². The van der Waals surface area contributed by atoms with E-state index in [0.717, 1.165) is 42.7 Å². The van der Waals surface area contributed by atoms with Crippen LogP contribution in [0.5, 0.6) is 0 Å². The topological polar surface area (TPSA) is 90.7 Å². The van der Waals surface area contributed by atoms with Crippen molar-refractivity contribution in [3.63, 3.8) is 0 Å². The van der Waals surface area contributed by atoms with Gasteiger partial charge in [0.1, 0.15) is 17.2 Å². The summed E-state index contributed by atoms with van der Waals surface area (Å²) in [7, 11) is 0. The fraction of sp³-hybridized carbons (Fsp3) is 0.385. The lowest BCUT2D eigenvalue weighted by atomic mass is 9.87. The third kappa shape index (κ3) is 8.06. The monoisotopic (exact) mass is 591 g/mol. The molecule has 1 aromatic heterocycles. The van der Waals surface area contributed by atoms with Gasteiger partial charge in [-0.15, -0.1) is 0 Å².